The lowest BCUT2D eigenvalue weighted by Crippen LogP contribution is -2.61. The smallest absolute Gasteiger partial charge is 0.237 e. The Morgan fingerprint density at radius 3 is 2.62 bits per heavy atom. The van der Waals surface area contributed by atoms with Gasteiger partial charge in [0.05, 0.1) is 6.04 Å². The van der Waals surface area contributed by atoms with E-state index in [2.05, 4.69) is 41.8 Å². The van der Waals surface area contributed by atoms with E-state index in [-0.39, 0.29) is 29.6 Å². The molecule has 1 aromatic carbocycles. The van der Waals surface area contributed by atoms with Crippen molar-refractivity contribution >= 4 is 5.91 Å². The summed E-state index contributed by atoms with van der Waals surface area (Å²) >= 11 is 0. The second-order valence-electron chi connectivity index (χ2n) is 10.4. The highest BCUT2D eigenvalue weighted by Crippen LogP contribution is 2.37. The molecule has 2 fully saturated rings. The molecule has 4 N–H and O–H groups in total. The van der Waals surface area contributed by atoms with Crippen LogP contribution in [0.1, 0.15) is 89.7 Å². The number of nitrogens with one attached hydrogen (secondary N) is 2. The summed E-state index contributed by atoms with van der Waals surface area (Å²) in [5.41, 5.74) is 6.89. The zero-order valence-corrected chi connectivity index (χ0v) is 21.4. The van der Waals surface area contributed by atoms with Gasteiger partial charge in [0.1, 0.15) is 6.10 Å². The van der Waals surface area contributed by atoms with E-state index in [0.29, 0.717) is 25.7 Å². The zero-order chi connectivity index (χ0) is 24.2. The van der Waals surface area contributed by atoms with Crippen LogP contribution in [0.15, 0.2) is 30.3 Å². The second kappa shape index (κ2) is 14.2. The van der Waals surface area contributed by atoms with Crippen LogP contribution in [0, 0.1) is 5.92 Å². The third-order valence-corrected chi connectivity index (χ3v) is 7.59. The van der Waals surface area contributed by atoms with E-state index in [9.17, 15) is 4.79 Å². The van der Waals surface area contributed by atoms with Gasteiger partial charge in [0.25, 0.3) is 0 Å². The van der Waals surface area contributed by atoms with Crippen molar-refractivity contribution in [1.82, 2.24) is 10.6 Å². The Kier molecular flexibility index (Phi) is 11.3. The van der Waals surface area contributed by atoms with Gasteiger partial charge in [-0.25, -0.2) is 0 Å². The predicted octanol–water partition coefficient (Wildman–Crippen LogP) is 4.49. The average Bonchev–Trinajstić information content (AvgIpc) is 2.86. The van der Waals surface area contributed by atoms with Crippen molar-refractivity contribution in [3.63, 3.8) is 0 Å². The second-order valence-corrected chi connectivity index (χ2v) is 10.4. The summed E-state index contributed by atoms with van der Waals surface area (Å²) < 4.78 is 11.9. The first-order valence-electron chi connectivity index (χ1n) is 13.6. The monoisotopic (exact) mass is 473 g/mol. The van der Waals surface area contributed by atoms with Gasteiger partial charge < -0.3 is 20.5 Å². The zero-order valence-electron chi connectivity index (χ0n) is 21.4. The molecule has 2 aliphatic rings. The van der Waals surface area contributed by atoms with Crippen molar-refractivity contribution in [2.24, 2.45) is 11.7 Å². The lowest BCUT2D eigenvalue weighted by atomic mass is 9.80. The standard InChI is InChI=1S/C28H47N3O3/c1-3-33-18-11-19-34-26(23-14-8-5-9-15-23)28(2)17-10-16-25(31-28)27(32)30-24(21-29)20-22-12-6-4-7-13-22/h5,8-9,14-15,22,24-26,31H,3-4,6-7,10-13,16-21,29H2,1-2H3,(H,30,32)/t24-,25?,26-,28-/m0/s1. The topological polar surface area (TPSA) is 85.6 Å². The van der Waals surface area contributed by atoms with Crippen molar-refractivity contribution in [2.75, 3.05) is 26.4 Å². The van der Waals surface area contributed by atoms with Crippen LogP contribution < -0.4 is 16.4 Å². The minimum Gasteiger partial charge on any atom is -0.382 e. The van der Waals surface area contributed by atoms with Gasteiger partial charge in [-0.05, 0) is 57.4 Å². The molecule has 0 bridgehead atoms. The normalized spacial score (nSPS) is 25.6. The summed E-state index contributed by atoms with van der Waals surface area (Å²) in [5, 5.41) is 6.99. The third kappa shape index (κ3) is 8.04. The SMILES string of the molecule is CCOCCCO[C@@H](c1ccccc1)[C@]1(C)CCCC(C(=O)N[C@H](CN)CC2CCCCC2)N1. The Morgan fingerprint density at radius 2 is 1.91 bits per heavy atom. The van der Waals surface area contributed by atoms with Crippen molar-refractivity contribution < 1.29 is 14.3 Å². The first kappa shape index (κ1) is 27.1. The highest BCUT2D eigenvalue weighted by Gasteiger charge is 2.42. The van der Waals surface area contributed by atoms with E-state index in [1.807, 2.05) is 13.0 Å². The number of piperidine rings is 1. The Morgan fingerprint density at radius 1 is 1.15 bits per heavy atom. The maximum atomic E-state index is 13.3. The van der Waals surface area contributed by atoms with Gasteiger partial charge in [0, 0.05) is 37.9 Å². The van der Waals surface area contributed by atoms with E-state index in [4.69, 9.17) is 15.2 Å². The summed E-state index contributed by atoms with van der Waals surface area (Å²) in [6.07, 6.45) is 11.0. The molecule has 0 spiro atoms. The number of hydrogen-bond acceptors (Lipinski definition) is 5. The number of carbonyl (C=O) groups excluding carboxylic acids is 1. The summed E-state index contributed by atoms with van der Waals surface area (Å²) in [6.45, 7) is 6.77. The maximum Gasteiger partial charge on any atom is 0.237 e. The van der Waals surface area contributed by atoms with E-state index in [1.54, 1.807) is 0 Å². The molecule has 1 unspecified atom stereocenters. The van der Waals surface area contributed by atoms with E-state index >= 15 is 0 Å². The molecule has 1 heterocycles. The van der Waals surface area contributed by atoms with Gasteiger partial charge in [-0.2, -0.15) is 0 Å². The predicted molar refractivity (Wildman–Crippen MR) is 138 cm³/mol. The number of carbonyl (C=O) groups is 1. The highest BCUT2D eigenvalue weighted by atomic mass is 16.5. The molecule has 0 aromatic heterocycles. The maximum absolute atomic E-state index is 13.3. The molecular formula is C28H47N3O3. The molecule has 6 heteroatoms. The van der Waals surface area contributed by atoms with Gasteiger partial charge in [0.2, 0.25) is 5.91 Å². The lowest BCUT2D eigenvalue weighted by Gasteiger charge is -2.44. The van der Waals surface area contributed by atoms with E-state index < -0.39 is 0 Å². The molecule has 1 amide bonds. The average molecular weight is 474 g/mol. The highest BCUT2D eigenvalue weighted by molar-refractivity contribution is 5.82. The number of hydrogen-bond donors (Lipinski definition) is 3. The van der Waals surface area contributed by atoms with Crippen LogP contribution in [-0.4, -0.2) is 49.9 Å². The number of nitrogens with two attached hydrogens (primary N) is 1. The number of rotatable bonds is 13. The van der Waals surface area contributed by atoms with E-state index in [0.717, 1.165) is 44.3 Å². The molecule has 3 rings (SSSR count). The molecule has 192 valence electrons. The van der Waals surface area contributed by atoms with Crippen LogP contribution in [0.5, 0.6) is 0 Å². The van der Waals surface area contributed by atoms with Crippen LogP contribution in [0.25, 0.3) is 0 Å². The molecule has 6 nitrogen and oxygen atoms in total. The van der Waals surface area contributed by atoms with Crippen LogP contribution in [-0.2, 0) is 14.3 Å². The molecule has 1 aliphatic heterocycles. The van der Waals surface area contributed by atoms with Gasteiger partial charge in [-0.1, -0.05) is 62.4 Å². The van der Waals surface area contributed by atoms with Gasteiger partial charge in [-0.15, -0.1) is 0 Å². The molecule has 1 aliphatic carbocycles. The van der Waals surface area contributed by atoms with Crippen LogP contribution in [0.4, 0.5) is 0 Å². The Hall–Kier alpha value is -1.47. The number of amides is 1. The van der Waals surface area contributed by atoms with Crippen LogP contribution in [0.3, 0.4) is 0 Å². The van der Waals surface area contributed by atoms with Gasteiger partial charge in [0.15, 0.2) is 0 Å². The molecule has 1 aromatic rings. The summed E-state index contributed by atoms with van der Waals surface area (Å²) in [4.78, 5) is 13.3. The fraction of sp³-hybridized carbons (Fsp3) is 0.750. The van der Waals surface area contributed by atoms with Crippen LogP contribution >= 0.6 is 0 Å². The van der Waals surface area contributed by atoms with Gasteiger partial charge in [-0.3, -0.25) is 10.1 Å². The molecule has 1 saturated carbocycles. The largest absolute Gasteiger partial charge is 0.382 e. The summed E-state index contributed by atoms with van der Waals surface area (Å²) in [5.74, 6) is 0.778. The minimum absolute atomic E-state index is 0.0605. The van der Waals surface area contributed by atoms with Crippen LogP contribution in [0.2, 0.25) is 0 Å². The first-order chi connectivity index (χ1) is 16.6. The molecule has 4 atom stereocenters. The van der Waals surface area contributed by atoms with Crippen molar-refractivity contribution in [3.05, 3.63) is 35.9 Å². The first-order valence-corrected chi connectivity index (χ1v) is 13.6. The van der Waals surface area contributed by atoms with Gasteiger partial charge >= 0.3 is 0 Å². The Labute approximate surface area is 206 Å². The van der Waals surface area contributed by atoms with E-state index in [1.165, 1.54) is 32.1 Å². The minimum atomic E-state index is -0.325. The third-order valence-electron chi connectivity index (χ3n) is 7.59. The number of benzene rings is 1. The lowest BCUT2D eigenvalue weighted by molar-refractivity contribution is -0.126. The molecule has 34 heavy (non-hydrogen) atoms. The fourth-order valence-corrected chi connectivity index (χ4v) is 5.74. The molecule has 1 saturated heterocycles. The number of ether oxygens (including phenoxy) is 2. The van der Waals surface area contributed by atoms with Crippen molar-refractivity contribution in [2.45, 2.75) is 102 Å². The summed E-state index contributed by atoms with van der Waals surface area (Å²) in [6, 6.07) is 10.2. The Bertz CT molecular complexity index is 710. The molecule has 0 radical (unpaired) electrons. The Balaban J connectivity index is 1.62. The van der Waals surface area contributed by atoms with Crippen molar-refractivity contribution in [1.29, 1.82) is 0 Å². The van der Waals surface area contributed by atoms with Crippen molar-refractivity contribution in [3.8, 4) is 0 Å². The molecular weight excluding hydrogens is 426 g/mol. The summed E-state index contributed by atoms with van der Waals surface area (Å²) in [7, 11) is 0. The quantitative estimate of drug-likeness (QED) is 0.368. The fourth-order valence-electron chi connectivity index (χ4n) is 5.74.